The van der Waals surface area contributed by atoms with E-state index >= 15 is 0 Å². The van der Waals surface area contributed by atoms with Crippen molar-refractivity contribution in [3.8, 4) is 56.0 Å². The zero-order chi connectivity index (χ0) is 33.5. The van der Waals surface area contributed by atoms with Gasteiger partial charge in [0.2, 0.25) is 0 Å². The summed E-state index contributed by atoms with van der Waals surface area (Å²) < 4.78 is 7.50. The maximum Gasteiger partial charge on any atom is 0.143 e. The van der Waals surface area contributed by atoms with Gasteiger partial charge in [0.15, 0.2) is 0 Å². The number of rotatable bonds is 6. The summed E-state index contributed by atoms with van der Waals surface area (Å²) in [6.45, 7) is 0. The Labute approximate surface area is 285 Å². The van der Waals surface area contributed by atoms with E-state index in [0.29, 0.717) is 34.2 Å². The molecule has 0 atom stereocenters. The topological polar surface area (TPSA) is 113 Å². The predicted molar refractivity (Wildman–Crippen MR) is 207 cm³/mol. The van der Waals surface area contributed by atoms with Crippen LogP contribution in [-0.4, -0.2) is 0 Å². The standard InChI is InChI=1S/C44H34N4O/c45-33-25-13-23-31-39(33)41(47)35(27-15-5-1-6-16-27)37(29-19-9-3-10-20-29)43(31)49-44-32-24-14-26-34(46)40(32)42(48)36(28-17-7-2-8-18-28)38(44)30-21-11-4-12-22-30/h1-26H,45-48H2. The van der Waals surface area contributed by atoms with Gasteiger partial charge < -0.3 is 27.7 Å². The molecule has 0 saturated heterocycles. The number of nitrogens with two attached hydrogens (primary N) is 4. The minimum absolute atomic E-state index is 0.566. The van der Waals surface area contributed by atoms with E-state index in [9.17, 15) is 0 Å². The SMILES string of the molecule is Nc1cccc2c(Oc3c(-c4ccccc4)c(-c4ccccc4)c(N)c4c(N)cccc34)c(-c3ccccc3)c(-c3ccccc3)c(N)c12. The third-order valence-electron chi connectivity index (χ3n) is 9.17. The molecule has 0 fully saturated rings. The highest BCUT2D eigenvalue weighted by Crippen LogP contribution is 2.55. The predicted octanol–water partition coefficient (Wildman–Crippen LogP) is 10.8. The van der Waals surface area contributed by atoms with E-state index < -0.39 is 0 Å². The molecule has 8 aromatic rings. The van der Waals surface area contributed by atoms with Crippen molar-refractivity contribution in [2.45, 2.75) is 0 Å². The zero-order valence-electron chi connectivity index (χ0n) is 26.7. The number of ether oxygens (including phenoxy) is 1. The lowest BCUT2D eigenvalue weighted by Gasteiger charge is -2.26. The number of anilines is 4. The van der Waals surface area contributed by atoms with Crippen LogP contribution in [0, 0.1) is 0 Å². The largest absolute Gasteiger partial charge is 0.455 e. The molecule has 0 bridgehead atoms. The number of benzene rings is 8. The van der Waals surface area contributed by atoms with Gasteiger partial charge in [-0.15, -0.1) is 0 Å². The van der Waals surface area contributed by atoms with Crippen LogP contribution in [0.4, 0.5) is 22.7 Å². The van der Waals surface area contributed by atoms with Gasteiger partial charge in [0, 0.05) is 55.2 Å². The Morgan fingerprint density at radius 3 is 0.939 bits per heavy atom. The average Bonchev–Trinajstić information content (AvgIpc) is 3.14. The molecule has 0 aliphatic rings. The molecule has 0 unspecified atom stereocenters. The summed E-state index contributed by atoms with van der Waals surface area (Å²) >= 11 is 0. The Kier molecular flexibility index (Phi) is 7.35. The van der Waals surface area contributed by atoms with Gasteiger partial charge in [0.05, 0.1) is 11.4 Å². The molecule has 5 nitrogen and oxygen atoms in total. The molecule has 0 radical (unpaired) electrons. The van der Waals surface area contributed by atoms with Crippen molar-refractivity contribution in [2.75, 3.05) is 22.9 Å². The highest BCUT2D eigenvalue weighted by atomic mass is 16.5. The average molecular weight is 635 g/mol. The Balaban J connectivity index is 1.58. The van der Waals surface area contributed by atoms with E-state index in [0.717, 1.165) is 66.1 Å². The maximum absolute atomic E-state index is 7.50. The van der Waals surface area contributed by atoms with Crippen molar-refractivity contribution in [2.24, 2.45) is 0 Å². The van der Waals surface area contributed by atoms with Gasteiger partial charge in [-0.05, 0) is 34.4 Å². The summed E-state index contributed by atoms with van der Waals surface area (Å²) in [7, 11) is 0. The van der Waals surface area contributed by atoms with Crippen LogP contribution in [0.25, 0.3) is 66.1 Å². The van der Waals surface area contributed by atoms with Gasteiger partial charge in [-0.2, -0.15) is 0 Å². The second-order valence-electron chi connectivity index (χ2n) is 12.1. The summed E-state index contributed by atoms with van der Waals surface area (Å²) in [6, 6.07) is 52.4. The van der Waals surface area contributed by atoms with Crippen LogP contribution in [0.3, 0.4) is 0 Å². The molecular formula is C44H34N4O. The summed E-state index contributed by atoms with van der Waals surface area (Å²) in [6.07, 6.45) is 0. The van der Waals surface area contributed by atoms with Crippen molar-refractivity contribution in [3.05, 3.63) is 158 Å². The van der Waals surface area contributed by atoms with Crippen LogP contribution in [-0.2, 0) is 0 Å². The number of fused-ring (bicyclic) bond motifs is 2. The summed E-state index contributed by atoms with van der Waals surface area (Å²) in [5, 5.41) is 3.06. The van der Waals surface area contributed by atoms with Gasteiger partial charge in [0.25, 0.3) is 0 Å². The van der Waals surface area contributed by atoms with Crippen molar-refractivity contribution in [3.63, 3.8) is 0 Å². The lowest BCUT2D eigenvalue weighted by atomic mass is 9.87. The molecule has 0 aromatic heterocycles. The summed E-state index contributed by atoms with van der Waals surface area (Å²) in [5.74, 6) is 1.26. The van der Waals surface area contributed by atoms with Crippen LogP contribution in [0.2, 0.25) is 0 Å². The molecule has 0 spiro atoms. The fraction of sp³-hybridized carbons (Fsp3) is 0. The molecule has 8 rings (SSSR count). The van der Waals surface area contributed by atoms with E-state index in [1.165, 1.54) is 0 Å². The van der Waals surface area contributed by atoms with Crippen LogP contribution >= 0.6 is 0 Å². The van der Waals surface area contributed by atoms with E-state index in [4.69, 9.17) is 27.7 Å². The fourth-order valence-electron chi connectivity index (χ4n) is 7.02. The van der Waals surface area contributed by atoms with Gasteiger partial charge in [-0.3, -0.25) is 0 Å². The Morgan fingerprint density at radius 1 is 0.306 bits per heavy atom. The Hall–Kier alpha value is -6.72. The summed E-state index contributed by atoms with van der Waals surface area (Å²) in [5.41, 5.74) is 37.3. The van der Waals surface area contributed by atoms with E-state index in [1.54, 1.807) is 0 Å². The number of nitrogen functional groups attached to an aromatic ring is 4. The molecule has 0 amide bonds. The highest BCUT2D eigenvalue weighted by molar-refractivity contribution is 6.18. The van der Waals surface area contributed by atoms with Gasteiger partial charge in [0.1, 0.15) is 11.5 Å². The molecule has 49 heavy (non-hydrogen) atoms. The molecule has 0 aliphatic heterocycles. The Morgan fingerprint density at radius 2 is 0.612 bits per heavy atom. The van der Waals surface area contributed by atoms with Crippen molar-refractivity contribution in [1.29, 1.82) is 0 Å². The minimum Gasteiger partial charge on any atom is -0.455 e. The highest BCUT2D eigenvalue weighted by Gasteiger charge is 2.28. The first kappa shape index (κ1) is 29.7. The number of hydrogen-bond acceptors (Lipinski definition) is 5. The first-order chi connectivity index (χ1) is 24.0. The molecular weight excluding hydrogens is 601 g/mol. The zero-order valence-corrected chi connectivity index (χ0v) is 26.7. The van der Waals surface area contributed by atoms with Crippen LogP contribution < -0.4 is 27.7 Å². The fourth-order valence-corrected chi connectivity index (χ4v) is 7.02. The molecule has 0 heterocycles. The molecule has 0 aliphatic carbocycles. The van der Waals surface area contributed by atoms with Crippen molar-refractivity contribution < 1.29 is 4.74 Å². The van der Waals surface area contributed by atoms with E-state index in [-0.39, 0.29) is 0 Å². The molecule has 236 valence electrons. The quantitative estimate of drug-likeness (QED) is 0.136. The van der Waals surface area contributed by atoms with Gasteiger partial charge >= 0.3 is 0 Å². The molecule has 8 N–H and O–H groups in total. The number of hydrogen-bond donors (Lipinski definition) is 4. The maximum atomic E-state index is 7.50. The normalized spacial score (nSPS) is 11.2. The summed E-state index contributed by atoms with van der Waals surface area (Å²) in [4.78, 5) is 0. The van der Waals surface area contributed by atoms with E-state index in [1.807, 2.05) is 109 Å². The van der Waals surface area contributed by atoms with Crippen molar-refractivity contribution in [1.82, 2.24) is 0 Å². The smallest absolute Gasteiger partial charge is 0.143 e. The van der Waals surface area contributed by atoms with Crippen LogP contribution in [0.1, 0.15) is 0 Å². The lowest BCUT2D eigenvalue weighted by Crippen LogP contribution is -2.04. The second-order valence-corrected chi connectivity index (χ2v) is 12.1. The second kappa shape index (κ2) is 12.1. The van der Waals surface area contributed by atoms with Gasteiger partial charge in [-0.25, -0.2) is 0 Å². The van der Waals surface area contributed by atoms with Crippen molar-refractivity contribution >= 4 is 44.3 Å². The van der Waals surface area contributed by atoms with Gasteiger partial charge in [-0.1, -0.05) is 146 Å². The minimum atomic E-state index is 0.566. The molecule has 5 heteroatoms. The van der Waals surface area contributed by atoms with E-state index in [2.05, 4.69) is 48.5 Å². The lowest BCUT2D eigenvalue weighted by molar-refractivity contribution is 0.498. The third kappa shape index (κ3) is 4.96. The molecule has 8 aromatic carbocycles. The monoisotopic (exact) mass is 634 g/mol. The first-order valence-electron chi connectivity index (χ1n) is 16.2. The Bertz CT molecular complexity index is 2300. The first-order valence-corrected chi connectivity index (χ1v) is 16.2. The van der Waals surface area contributed by atoms with Crippen LogP contribution in [0.5, 0.6) is 11.5 Å². The van der Waals surface area contributed by atoms with Crippen LogP contribution in [0.15, 0.2) is 158 Å². The molecule has 0 saturated carbocycles. The third-order valence-corrected chi connectivity index (χ3v) is 9.17.